The van der Waals surface area contributed by atoms with Crippen molar-refractivity contribution in [3.63, 3.8) is 0 Å². The maximum absolute atomic E-state index is 12.4. The van der Waals surface area contributed by atoms with Crippen LogP contribution < -0.4 is 10.6 Å². The highest BCUT2D eigenvalue weighted by Crippen LogP contribution is 2.20. The van der Waals surface area contributed by atoms with Crippen molar-refractivity contribution < 1.29 is 4.79 Å². The van der Waals surface area contributed by atoms with E-state index < -0.39 is 0 Å². The maximum atomic E-state index is 12.4. The fourth-order valence-electron chi connectivity index (χ4n) is 3.28. The Hall–Kier alpha value is -2.41. The van der Waals surface area contributed by atoms with Gasteiger partial charge in [-0.15, -0.1) is 0 Å². The van der Waals surface area contributed by atoms with Gasteiger partial charge in [0.25, 0.3) is 0 Å². The minimum atomic E-state index is 0.0255. The summed E-state index contributed by atoms with van der Waals surface area (Å²) in [7, 11) is 1.89. The van der Waals surface area contributed by atoms with Gasteiger partial charge in [0.05, 0.1) is 23.6 Å². The van der Waals surface area contributed by atoms with Crippen molar-refractivity contribution >= 4 is 17.4 Å². The van der Waals surface area contributed by atoms with Crippen LogP contribution in [0.25, 0.3) is 0 Å². The summed E-state index contributed by atoms with van der Waals surface area (Å²) < 4.78 is 1.79. The third kappa shape index (κ3) is 4.36. The van der Waals surface area contributed by atoms with Crippen LogP contribution in [-0.2, 0) is 11.8 Å². The van der Waals surface area contributed by atoms with E-state index in [0.29, 0.717) is 12.5 Å². The normalized spacial score (nSPS) is 17.6. The standard InChI is InChI=1S/C18H26N6O/c1-13-18(14(2)23(3)22-13)21-17(25)12-24-9-7-15(11-24)10-20-16-6-4-5-8-19-16/h4-6,8,15H,7,9-12H2,1-3H3,(H,19,20)(H,21,25)/t15-/m0/s1. The highest BCUT2D eigenvalue weighted by atomic mass is 16.2. The van der Waals surface area contributed by atoms with Crippen LogP contribution in [0.3, 0.4) is 0 Å². The molecule has 3 heterocycles. The summed E-state index contributed by atoms with van der Waals surface area (Å²) in [4.78, 5) is 18.8. The monoisotopic (exact) mass is 342 g/mol. The number of anilines is 2. The van der Waals surface area contributed by atoms with Gasteiger partial charge in [-0.3, -0.25) is 14.4 Å². The Morgan fingerprint density at radius 1 is 1.36 bits per heavy atom. The van der Waals surface area contributed by atoms with Crippen molar-refractivity contribution in [1.82, 2.24) is 19.7 Å². The summed E-state index contributed by atoms with van der Waals surface area (Å²) in [6.07, 6.45) is 2.88. The van der Waals surface area contributed by atoms with Crippen LogP contribution in [0.5, 0.6) is 0 Å². The summed E-state index contributed by atoms with van der Waals surface area (Å²) in [5.41, 5.74) is 2.66. The van der Waals surface area contributed by atoms with E-state index in [1.165, 1.54) is 0 Å². The first-order valence-corrected chi connectivity index (χ1v) is 8.70. The molecule has 0 saturated carbocycles. The third-order valence-electron chi connectivity index (χ3n) is 4.75. The molecule has 0 aliphatic carbocycles. The second kappa shape index (κ2) is 7.65. The molecule has 134 valence electrons. The molecule has 1 saturated heterocycles. The molecular formula is C18H26N6O. The Morgan fingerprint density at radius 3 is 2.88 bits per heavy atom. The molecule has 1 aliphatic rings. The summed E-state index contributed by atoms with van der Waals surface area (Å²) in [5.74, 6) is 1.47. The number of rotatable bonds is 6. The second-order valence-electron chi connectivity index (χ2n) is 6.70. The lowest BCUT2D eigenvalue weighted by atomic mass is 10.1. The van der Waals surface area contributed by atoms with E-state index in [9.17, 15) is 4.79 Å². The fraction of sp³-hybridized carbons (Fsp3) is 0.500. The van der Waals surface area contributed by atoms with Gasteiger partial charge >= 0.3 is 0 Å². The molecular weight excluding hydrogens is 316 g/mol. The zero-order chi connectivity index (χ0) is 17.8. The number of hydrogen-bond acceptors (Lipinski definition) is 5. The van der Waals surface area contributed by atoms with E-state index >= 15 is 0 Å². The van der Waals surface area contributed by atoms with E-state index in [0.717, 1.165) is 48.9 Å². The number of nitrogens with zero attached hydrogens (tertiary/aromatic N) is 4. The molecule has 0 bridgehead atoms. The first-order chi connectivity index (χ1) is 12.0. The largest absolute Gasteiger partial charge is 0.370 e. The van der Waals surface area contributed by atoms with Gasteiger partial charge in [-0.1, -0.05) is 6.07 Å². The first-order valence-electron chi connectivity index (χ1n) is 8.70. The molecule has 1 amide bonds. The molecule has 2 aromatic heterocycles. The van der Waals surface area contributed by atoms with Crippen LogP contribution in [0.1, 0.15) is 17.8 Å². The molecule has 25 heavy (non-hydrogen) atoms. The number of aryl methyl sites for hydroxylation is 2. The average Bonchev–Trinajstić information content (AvgIpc) is 3.14. The predicted octanol–water partition coefficient (Wildman–Crippen LogP) is 1.80. The van der Waals surface area contributed by atoms with Crippen LogP contribution in [0.2, 0.25) is 0 Å². The number of likely N-dealkylation sites (tertiary alicyclic amines) is 1. The fourth-order valence-corrected chi connectivity index (χ4v) is 3.28. The molecule has 3 rings (SSSR count). The summed E-state index contributed by atoms with van der Waals surface area (Å²) in [6, 6.07) is 5.86. The van der Waals surface area contributed by atoms with Crippen molar-refractivity contribution in [2.24, 2.45) is 13.0 Å². The molecule has 0 radical (unpaired) electrons. The summed E-state index contributed by atoms with van der Waals surface area (Å²) in [6.45, 7) is 7.07. The van der Waals surface area contributed by atoms with Crippen molar-refractivity contribution in [2.75, 3.05) is 36.8 Å². The van der Waals surface area contributed by atoms with Gasteiger partial charge in [-0.25, -0.2) is 4.98 Å². The van der Waals surface area contributed by atoms with E-state index in [1.54, 1.807) is 10.9 Å². The van der Waals surface area contributed by atoms with E-state index in [-0.39, 0.29) is 5.91 Å². The third-order valence-corrected chi connectivity index (χ3v) is 4.75. The molecule has 7 heteroatoms. The lowest BCUT2D eigenvalue weighted by Crippen LogP contribution is -2.32. The smallest absolute Gasteiger partial charge is 0.238 e. The number of amides is 1. The topological polar surface area (TPSA) is 75.1 Å². The summed E-state index contributed by atoms with van der Waals surface area (Å²) in [5, 5.41) is 10.7. The Bertz CT molecular complexity index is 727. The summed E-state index contributed by atoms with van der Waals surface area (Å²) >= 11 is 0. The number of pyridine rings is 1. The van der Waals surface area contributed by atoms with Gasteiger partial charge in [0.2, 0.25) is 5.91 Å². The Kier molecular flexibility index (Phi) is 5.33. The highest BCUT2D eigenvalue weighted by molar-refractivity contribution is 5.93. The molecule has 0 aromatic carbocycles. The Morgan fingerprint density at radius 2 is 2.20 bits per heavy atom. The van der Waals surface area contributed by atoms with Crippen LogP contribution in [0.15, 0.2) is 24.4 Å². The van der Waals surface area contributed by atoms with Gasteiger partial charge < -0.3 is 10.6 Å². The van der Waals surface area contributed by atoms with Crippen molar-refractivity contribution in [3.8, 4) is 0 Å². The maximum Gasteiger partial charge on any atom is 0.238 e. The predicted molar refractivity (Wildman–Crippen MR) is 98.6 cm³/mol. The van der Waals surface area contributed by atoms with E-state index in [1.807, 2.05) is 39.1 Å². The average molecular weight is 342 g/mol. The Balaban J connectivity index is 1.45. The number of carbonyl (C=O) groups is 1. The lowest BCUT2D eigenvalue weighted by molar-refractivity contribution is -0.117. The van der Waals surface area contributed by atoms with Gasteiger partial charge in [0.1, 0.15) is 5.82 Å². The molecule has 0 unspecified atom stereocenters. The van der Waals surface area contributed by atoms with E-state index in [2.05, 4.69) is 25.6 Å². The number of nitrogens with one attached hydrogen (secondary N) is 2. The van der Waals surface area contributed by atoms with Crippen LogP contribution in [0, 0.1) is 19.8 Å². The van der Waals surface area contributed by atoms with E-state index in [4.69, 9.17) is 0 Å². The van der Waals surface area contributed by atoms with Gasteiger partial charge in [0.15, 0.2) is 0 Å². The second-order valence-corrected chi connectivity index (χ2v) is 6.70. The van der Waals surface area contributed by atoms with Gasteiger partial charge in [-0.05, 0) is 44.9 Å². The van der Waals surface area contributed by atoms with Crippen molar-refractivity contribution in [3.05, 3.63) is 35.8 Å². The quantitative estimate of drug-likeness (QED) is 0.837. The molecule has 1 aliphatic heterocycles. The Labute approximate surface area is 148 Å². The first kappa shape index (κ1) is 17.4. The van der Waals surface area contributed by atoms with Crippen LogP contribution in [0.4, 0.5) is 11.5 Å². The number of hydrogen-bond donors (Lipinski definition) is 2. The number of aromatic nitrogens is 3. The minimum absolute atomic E-state index is 0.0255. The van der Waals surface area contributed by atoms with Crippen LogP contribution >= 0.6 is 0 Å². The minimum Gasteiger partial charge on any atom is -0.370 e. The SMILES string of the molecule is Cc1nn(C)c(C)c1NC(=O)CN1CC[C@@H](CNc2ccccn2)C1. The zero-order valence-electron chi connectivity index (χ0n) is 15.1. The highest BCUT2D eigenvalue weighted by Gasteiger charge is 2.24. The van der Waals surface area contributed by atoms with Crippen molar-refractivity contribution in [1.29, 1.82) is 0 Å². The van der Waals surface area contributed by atoms with Gasteiger partial charge in [-0.2, -0.15) is 5.10 Å². The molecule has 7 nitrogen and oxygen atoms in total. The lowest BCUT2D eigenvalue weighted by Gasteiger charge is -2.16. The number of carbonyl (C=O) groups excluding carboxylic acids is 1. The molecule has 2 N–H and O–H groups in total. The van der Waals surface area contributed by atoms with Gasteiger partial charge in [0, 0.05) is 26.3 Å². The molecule has 1 fully saturated rings. The zero-order valence-corrected chi connectivity index (χ0v) is 15.1. The molecule has 0 spiro atoms. The van der Waals surface area contributed by atoms with Crippen molar-refractivity contribution in [2.45, 2.75) is 20.3 Å². The molecule has 2 aromatic rings. The molecule has 1 atom stereocenters. The van der Waals surface area contributed by atoms with Crippen LogP contribution in [-0.4, -0.2) is 51.8 Å².